The maximum Gasteiger partial charge on any atom is 0.325 e. The number of carbonyl (C=O) groups excluding carboxylic acids is 1. The Balaban J connectivity index is 1.74. The molecular weight excluding hydrogens is 270 g/mol. The van der Waals surface area contributed by atoms with Crippen LogP contribution in [0.3, 0.4) is 0 Å². The fraction of sp³-hybridized carbons (Fsp3) is 0.267. The number of rotatable bonds is 7. The highest BCUT2D eigenvalue weighted by Gasteiger charge is 2.06. The molecule has 0 aliphatic rings. The Morgan fingerprint density at radius 3 is 2.71 bits per heavy atom. The summed E-state index contributed by atoms with van der Waals surface area (Å²) in [5, 5.41) is 15.2. The van der Waals surface area contributed by atoms with Crippen molar-refractivity contribution in [3.63, 3.8) is 0 Å². The van der Waals surface area contributed by atoms with Crippen molar-refractivity contribution in [1.29, 1.82) is 0 Å². The van der Waals surface area contributed by atoms with Gasteiger partial charge in [0.15, 0.2) is 0 Å². The van der Waals surface area contributed by atoms with Gasteiger partial charge in [-0.25, -0.2) is 0 Å². The lowest BCUT2D eigenvalue weighted by Gasteiger charge is -2.03. The molecule has 1 aromatic carbocycles. The van der Waals surface area contributed by atoms with Gasteiger partial charge in [-0.3, -0.25) is 14.3 Å². The molecule has 0 bridgehead atoms. The Hall–Kier alpha value is -2.63. The van der Waals surface area contributed by atoms with Gasteiger partial charge >= 0.3 is 5.97 Å². The number of carboxylic acid groups (broad SMARTS) is 1. The van der Waals surface area contributed by atoms with Crippen LogP contribution in [-0.2, 0) is 22.6 Å². The highest BCUT2D eigenvalue weighted by molar-refractivity contribution is 5.90. The molecule has 1 aromatic heterocycles. The fourth-order valence-electron chi connectivity index (χ4n) is 1.97. The van der Waals surface area contributed by atoms with Crippen LogP contribution in [0.2, 0.25) is 0 Å². The number of hydrogen-bond acceptors (Lipinski definition) is 3. The zero-order valence-corrected chi connectivity index (χ0v) is 11.5. The Labute approximate surface area is 122 Å². The summed E-state index contributed by atoms with van der Waals surface area (Å²) in [5.41, 5.74) is 1.72. The van der Waals surface area contributed by atoms with E-state index >= 15 is 0 Å². The predicted molar refractivity (Wildman–Crippen MR) is 77.9 cm³/mol. The van der Waals surface area contributed by atoms with E-state index < -0.39 is 5.97 Å². The lowest BCUT2D eigenvalue weighted by atomic mass is 10.1. The molecule has 0 fully saturated rings. The maximum atomic E-state index is 11.8. The molecule has 1 heterocycles. The first kappa shape index (κ1) is 14.8. The zero-order valence-electron chi connectivity index (χ0n) is 11.5. The van der Waals surface area contributed by atoms with E-state index in [1.807, 2.05) is 30.3 Å². The van der Waals surface area contributed by atoms with Crippen LogP contribution >= 0.6 is 0 Å². The first-order valence-corrected chi connectivity index (χ1v) is 6.71. The molecule has 2 rings (SSSR count). The number of anilines is 1. The van der Waals surface area contributed by atoms with Gasteiger partial charge in [0.05, 0.1) is 11.9 Å². The van der Waals surface area contributed by atoms with Gasteiger partial charge in [0.1, 0.15) is 6.54 Å². The van der Waals surface area contributed by atoms with E-state index in [-0.39, 0.29) is 12.5 Å². The summed E-state index contributed by atoms with van der Waals surface area (Å²) in [6.07, 6.45) is 4.98. The standard InChI is InChI=1S/C15H17N3O3/c19-14(8-4-7-12-5-2-1-3-6-12)17-13-9-16-18(10-13)11-15(20)21/h1-3,5-6,9-10H,4,7-8,11H2,(H,17,19)(H,20,21). The second-order valence-electron chi connectivity index (χ2n) is 4.71. The van der Waals surface area contributed by atoms with E-state index in [0.717, 1.165) is 12.8 Å². The van der Waals surface area contributed by atoms with Crippen molar-refractivity contribution in [3.8, 4) is 0 Å². The summed E-state index contributed by atoms with van der Waals surface area (Å²) >= 11 is 0. The molecule has 1 amide bonds. The van der Waals surface area contributed by atoms with Crippen LogP contribution in [0.5, 0.6) is 0 Å². The minimum Gasteiger partial charge on any atom is -0.480 e. The average molecular weight is 287 g/mol. The van der Waals surface area contributed by atoms with Crippen molar-refractivity contribution in [3.05, 3.63) is 48.3 Å². The molecule has 0 saturated heterocycles. The van der Waals surface area contributed by atoms with Crippen LogP contribution in [0.25, 0.3) is 0 Å². The quantitative estimate of drug-likeness (QED) is 0.815. The summed E-state index contributed by atoms with van der Waals surface area (Å²) in [6.45, 7) is -0.218. The number of aromatic nitrogens is 2. The van der Waals surface area contributed by atoms with Gasteiger partial charge in [-0.2, -0.15) is 5.10 Å². The number of aliphatic carboxylic acids is 1. The van der Waals surface area contributed by atoms with Crippen LogP contribution in [0.4, 0.5) is 5.69 Å². The van der Waals surface area contributed by atoms with E-state index in [9.17, 15) is 9.59 Å². The molecule has 0 aliphatic carbocycles. The Morgan fingerprint density at radius 1 is 1.24 bits per heavy atom. The van der Waals surface area contributed by atoms with Crippen molar-refractivity contribution >= 4 is 17.6 Å². The number of benzene rings is 1. The third-order valence-electron chi connectivity index (χ3n) is 2.93. The molecule has 21 heavy (non-hydrogen) atoms. The number of carboxylic acids is 1. The topological polar surface area (TPSA) is 84.2 Å². The van der Waals surface area contributed by atoms with Crippen LogP contribution in [0, 0.1) is 0 Å². The fourth-order valence-corrected chi connectivity index (χ4v) is 1.97. The van der Waals surface area contributed by atoms with Crippen molar-refractivity contribution in [1.82, 2.24) is 9.78 Å². The number of hydrogen-bond donors (Lipinski definition) is 2. The lowest BCUT2D eigenvalue weighted by Crippen LogP contribution is -2.11. The van der Waals surface area contributed by atoms with Crippen molar-refractivity contribution in [2.75, 3.05) is 5.32 Å². The average Bonchev–Trinajstić information content (AvgIpc) is 2.86. The van der Waals surface area contributed by atoms with Crippen LogP contribution in [-0.4, -0.2) is 26.8 Å². The van der Waals surface area contributed by atoms with E-state index in [2.05, 4.69) is 10.4 Å². The summed E-state index contributed by atoms with van der Waals surface area (Å²) < 4.78 is 1.27. The zero-order chi connectivity index (χ0) is 15.1. The minimum atomic E-state index is -0.973. The molecule has 6 heteroatoms. The van der Waals surface area contributed by atoms with Gasteiger partial charge in [-0.15, -0.1) is 0 Å². The molecule has 6 nitrogen and oxygen atoms in total. The van der Waals surface area contributed by atoms with E-state index in [1.165, 1.54) is 22.6 Å². The Kier molecular flexibility index (Phi) is 5.09. The van der Waals surface area contributed by atoms with Crippen LogP contribution in [0.1, 0.15) is 18.4 Å². The molecular formula is C15H17N3O3. The predicted octanol–water partition coefficient (Wildman–Crippen LogP) is 1.93. The first-order chi connectivity index (χ1) is 10.1. The maximum absolute atomic E-state index is 11.8. The summed E-state index contributed by atoms with van der Waals surface area (Å²) in [5.74, 6) is -1.07. The molecule has 0 atom stereocenters. The summed E-state index contributed by atoms with van der Waals surface area (Å²) in [7, 11) is 0. The smallest absolute Gasteiger partial charge is 0.325 e. The first-order valence-electron chi connectivity index (χ1n) is 6.71. The molecule has 2 N–H and O–H groups in total. The summed E-state index contributed by atoms with van der Waals surface area (Å²) in [4.78, 5) is 22.3. The molecule has 0 spiro atoms. The molecule has 0 saturated carbocycles. The normalized spacial score (nSPS) is 10.3. The minimum absolute atomic E-state index is 0.0965. The number of amides is 1. The van der Waals surface area contributed by atoms with Gasteiger partial charge < -0.3 is 10.4 Å². The van der Waals surface area contributed by atoms with Gasteiger partial charge in [0.2, 0.25) is 5.91 Å². The van der Waals surface area contributed by atoms with E-state index in [0.29, 0.717) is 12.1 Å². The van der Waals surface area contributed by atoms with Gasteiger partial charge in [-0.1, -0.05) is 30.3 Å². The van der Waals surface area contributed by atoms with E-state index in [4.69, 9.17) is 5.11 Å². The second-order valence-corrected chi connectivity index (χ2v) is 4.71. The van der Waals surface area contributed by atoms with Crippen molar-refractivity contribution in [2.24, 2.45) is 0 Å². The number of carbonyl (C=O) groups is 2. The van der Waals surface area contributed by atoms with Crippen LogP contribution < -0.4 is 5.32 Å². The Bertz CT molecular complexity index is 608. The van der Waals surface area contributed by atoms with Gasteiger partial charge in [0, 0.05) is 12.6 Å². The van der Waals surface area contributed by atoms with Gasteiger partial charge in [0.25, 0.3) is 0 Å². The van der Waals surface area contributed by atoms with Gasteiger partial charge in [-0.05, 0) is 18.4 Å². The molecule has 110 valence electrons. The van der Waals surface area contributed by atoms with Crippen LogP contribution in [0.15, 0.2) is 42.7 Å². The third-order valence-corrected chi connectivity index (χ3v) is 2.93. The number of aryl methyl sites for hydroxylation is 1. The molecule has 0 aliphatic heterocycles. The monoisotopic (exact) mass is 287 g/mol. The van der Waals surface area contributed by atoms with Crippen molar-refractivity contribution in [2.45, 2.75) is 25.8 Å². The molecule has 2 aromatic rings. The number of nitrogens with one attached hydrogen (secondary N) is 1. The summed E-state index contributed by atoms with van der Waals surface area (Å²) in [6, 6.07) is 9.99. The highest BCUT2D eigenvalue weighted by atomic mass is 16.4. The highest BCUT2D eigenvalue weighted by Crippen LogP contribution is 2.08. The molecule has 0 radical (unpaired) electrons. The SMILES string of the molecule is O=C(O)Cn1cc(NC(=O)CCCc2ccccc2)cn1. The Morgan fingerprint density at radius 2 is 2.00 bits per heavy atom. The van der Waals surface area contributed by atoms with E-state index in [1.54, 1.807) is 0 Å². The largest absolute Gasteiger partial charge is 0.480 e. The second kappa shape index (κ2) is 7.23. The lowest BCUT2D eigenvalue weighted by molar-refractivity contribution is -0.137. The third kappa shape index (κ3) is 5.10. The number of nitrogens with zero attached hydrogens (tertiary/aromatic N) is 2. The molecule has 0 unspecified atom stereocenters. The van der Waals surface area contributed by atoms with Crippen molar-refractivity contribution < 1.29 is 14.7 Å².